The third-order valence-corrected chi connectivity index (χ3v) is 3.95. The third kappa shape index (κ3) is 4.33. The third-order valence-electron chi connectivity index (χ3n) is 3.95. The van der Waals surface area contributed by atoms with Gasteiger partial charge in [0.05, 0.1) is 39.9 Å². The van der Waals surface area contributed by atoms with Crippen molar-refractivity contribution in [1.82, 2.24) is 0 Å². The smallest absolute Gasteiger partial charge is 0.161 e. The Hall–Kier alpha value is -3.02. The summed E-state index contributed by atoms with van der Waals surface area (Å²) in [7, 11) is 6.42. The molecule has 26 heavy (non-hydrogen) atoms. The lowest BCUT2D eigenvalue weighted by Crippen LogP contribution is -1.99. The number of methoxy groups -OCH3 is 4. The van der Waals surface area contributed by atoms with Crippen LogP contribution in [0.2, 0.25) is 0 Å². The molecule has 0 bridgehead atoms. The zero-order chi connectivity index (χ0) is 19.1. The maximum atomic E-state index is 5.33. The normalized spacial score (nSPS) is 11.9. The van der Waals surface area contributed by atoms with E-state index in [1.54, 1.807) is 28.4 Å². The molecule has 138 valence electrons. The van der Waals surface area contributed by atoms with Gasteiger partial charge < -0.3 is 18.9 Å². The fraction of sp³-hybridized carbons (Fsp3) is 0.300. The zero-order valence-corrected chi connectivity index (χ0v) is 16.0. The monoisotopic (exact) mass is 356 g/mol. The van der Waals surface area contributed by atoms with Gasteiger partial charge in [-0.3, -0.25) is 0 Å². The summed E-state index contributed by atoms with van der Waals surface area (Å²) in [4.78, 5) is 0. The van der Waals surface area contributed by atoms with Crippen LogP contribution in [0.25, 0.3) is 0 Å². The van der Waals surface area contributed by atoms with E-state index >= 15 is 0 Å². The van der Waals surface area contributed by atoms with E-state index in [0.717, 1.165) is 22.6 Å². The van der Waals surface area contributed by atoms with Gasteiger partial charge in [0.25, 0.3) is 0 Å². The van der Waals surface area contributed by atoms with Gasteiger partial charge in [0.2, 0.25) is 0 Å². The highest BCUT2D eigenvalue weighted by Gasteiger charge is 2.08. The number of nitrogens with zero attached hydrogens (tertiary/aromatic N) is 2. The number of rotatable bonds is 7. The highest BCUT2D eigenvalue weighted by atomic mass is 16.5. The molecule has 0 heterocycles. The molecule has 0 aliphatic carbocycles. The first kappa shape index (κ1) is 19.3. The van der Waals surface area contributed by atoms with Gasteiger partial charge in [-0.05, 0) is 50.2 Å². The van der Waals surface area contributed by atoms with Crippen molar-refractivity contribution in [3.05, 3.63) is 47.5 Å². The summed E-state index contributed by atoms with van der Waals surface area (Å²) in [6.07, 6.45) is 0. The molecule has 0 saturated heterocycles. The number of hydrogen-bond donors (Lipinski definition) is 0. The molecule has 6 nitrogen and oxygen atoms in total. The molecular formula is C20H24N2O4. The van der Waals surface area contributed by atoms with Gasteiger partial charge in [0, 0.05) is 11.1 Å². The molecule has 0 spiro atoms. The largest absolute Gasteiger partial charge is 0.493 e. The minimum absolute atomic E-state index is 0.653. The van der Waals surface area contributed by atoms with Crippen molar-refractivity contribution in [2.45, 2.75) is 13.8 Å². The van der Waals surface area contributed by atoms with E-state index in [-0.39, 0.29) is 0 Å². The van der Waals surface area contributed by atoms with E-state index in [4.69, 9.17) is 18.9 Å². The Morgan fingerprint density at radius 3 is 1.23 bits per heavy atom. The Balaban J connectivity index is 2.29. The highest BCUT2D eigenvalue weighted by molar-refractivity contribution is 6.02. The summed E-state index contributed by atoms with van der Waals surface area (Å²) >= 11 is 0. The predicted molar refractivity (Wildman–Crippen MR) is 104 cm³/mol. The van der Waals surface area contributed by atoms with Gasteiger partial charge in [0.1, 0.15) is 0 Å². The van der Waals surface area contributed by atoms with Crippen LogP contribution in [0.3, 0.4) is 0 Å². The maximum absolute atomic E-state index is 5.33. The standard InChI is InChI=1S/C20H24N2O4/c1-13(15-7-9-17(23-3)19(11-15)25-5)21-22-14(2)16-8-10-18(24-4)20(12-16)26-6/h7-12H,1-6H3/b21-13+,22-14+. The van der Waals surface area contributed by atoms with Crippen molar-refractivity contribution in [3.8, 4) is 23.0 Å². The second kappa shape index (κ2) is 8.89. The lowest BCUT2D eigenvalue weighted by Gasteiger charge is -2.09. The molecule has 0 amide bonds. The van der Waals surface area contributed by atoms with Gasteiger partial charge in [-0.1, -0.05) is 0 Å². The lowest BCUT2D eigenvalue weighted by atomic mass is 10.1. The molecule has 0 unspecified atom stereocenters. The number of hydrogen-bond acceptors (Lipinski definition) is 6. The first-order chi connectivity index (χ1) is 12.5. The van der Waals surface area contributed by atoms with E-state index in [9.17, 15) is 0 Å². The van der Waals surface area contributed by atoms with Crippen LogP contribution in [0.15, 0.2) is 46.6 Å². The summed E-state index contributed by atoms with van der Waals surface area (Å²) in [5.74, 6) is 2.66. The zero-order valence-electron chi connectivity index (χ0n) is 16.0. The van der Waals surface area contributed by atoms with Crippen LogP contribution in [0.1, 0.15) is 25.0 Å². The van der Waals surface area contributed by atoms with E-state index in [0.29, 0.717) is 23.0 Å². The Morgan fingerprint density at radius 2 is 0.923 bits per heavy atom. The van der Waals surface area contributed by atoms with Crippen LogP contribution >= 0.6 is 0 Å². The first-order valence-electron chi connectivity index (χ1n) is 8.07. The molecule has 0 radical (unpaired) electrons. The number of ether oxygens (including phenoxy) is 4. The summed E-state index contributed by atoms with van der Waals surface area (Å²) < 4.78 is 21.2. The molecule has 0 aromatic heterocycles. The summed E-state index contributed by atoms with van der Waals surface area (Å²) in [5, 5.41) is 8.67. The van der Waals surface area contributed by atoms with E-state index < -0.39 is 0 Å². The van der Waals surface area contributed by atoms with Gasteiger partial charge in [0.15, 0.2) is 23.0 Å². The van der Waals surface area contributed by atoms with E-state index in [1.165, 1.54) is 0 Å². The molecule has 2 aromatic carbocycles. The second-order valence-electron chi connectivity index (χ2n) is 5.51. The van der Waals surface area contributed by atoms with Gasteiger partial charge in [-0.25, -0.2) is 0 Å². The molecule has 0 atom stereocenters. The van der Waals surface area contributed by atoms with Crippen molar-refractivity contribution in [1.29, 1.82) is 0 Å². The van der Waals surface area contributed by atoms with Gasteiger partial charge in [-0.15, -0.1) is 0 Å². The topological polar surface area (TPSA) is 61.6 Å². The molecule has 0 aliphatic rings. The van der Waals surface area contributed by atoms with Crippen LogP contribution in [-0.4, -0.2) is 39.9 Å². The van der Waals surface area contributed by atoms with Gasteiger partial charge in [-0.2, -0.15) is 10.2 Å². The average molecular weight is 356 g/mol. The predicted octanol–water partition coefficient (Wildman–Crippen LogP) is 3.95. The van der Waals surface area contributed by atoms with Crippen molar-refractivity contribution in [2.75, 3.05) is 28.4 Å². The summed E-state index contributed by atoms with van der Waals surface area (Å²) in [6.45, 7) is 3.79. The Bertz CT molecular complexity index is 759. The summed E-state index contributed by atoms with van der Waals surface area (Å²) in [5.41, 5.74) is 3.36. The van der Waals surface area contributed by atoms with Crippen molar-refractivity contribution < 1.29 is 18.9 Å². The van der Waals surface area contributed by atoms with Crippen LogP contribution in [-0.2, 0) is 0 Å². The highest BCUT2D eigenvalue weighted by Crippen LogP contribution is 2.29. The van der Waals surface area contributed by atoms with Gasteiger partial charge >= 0.3 is 0 Å². The van der Waals surface area contributed by atoms with Crippen molar-refractivity contribution >= 4 is 11.4 Å². The Morgan fingerprint density at radius 1 is 0.577 bits per heavy atom. The van der Waals surface area contributed by atoms with Crippen molar-refractivity contribution in [2.24, 2.45) is 10.2 Å². The van der Waals surface area contributed by atoms with Crippen LogP contribution in [0.5, 0.6) is 23.0 Å². The second-order valence-corrected chi connectivity index (χ2v) is 5.51. The molecule has 2 rings (SSSR count). The van der Waals surface area contributed by atoms with Crippen LogP contribution in [0, 0.1) is 0 Å². The first-order valence-corrected chi connectivity index (χ1v) is 8.07. The molecule has 6 heteroatoms. The van der Waals surface area contributed by atoms with Crippen LogP contribution < -0.4 is 18.9 Å². The fourth-order valence-electron chi connectivity index (χ4n) is 2.39. The minimum Gasteiger partial charge on any atom is -0.493 e. The molecular weight excluding hydrogens is 332 g/mol. The molecule has 0 N–H and O–H groups in total. The van der Waals surface area contributed by atoms with E-state index in [2.05, 4.69) is 10.2 Å². The maximum Gasteiger partial charge on any atom is 0.161 e. The number of benzene rings is 2. The molecule has 0 aliphatic heterocycles. The minimum atomic E-state index is 0.653. The summed E-state index contributed by atoms with van der Waals surface area (Å²) in [6, 6.07) is 11.3. The fourth-order valence-corrected chi connectivity index (χ4v) is 2.39. The average Bonchev–Trinajstić information content (AvgIpc) is 2.70. The molecule has 0 fully saturated rings. The van der Waals surface area contributed by atoms with Crippen LogP contribution in [0.4, 0.5) is 0 Å². The molecule has 0 saturated carbocycles. The SMILES string of the molecule is COc1ccc(/C(C)=N/N=C(\C)c2ccc(OC)c(OC)c2)cc1OC. The van der Waals surface area contributed by atoms with E-state index in [1.807, 2.05) is 50.2 Å². The molecule has 2 aromatic rings. The lowest BCUT2D eigenvalue weighted by molar-refractivity contribution is 0.355. The quantitative estimate of drug-likeness (QED) is 0.557. The Kier molecular flexibility index (Phi) is 6.60. The van der Waals surface area contributed by atoms with Crippen molar-refractivity contribution in [3.63, 3.8) is 0 Å². The Labute approximate surface area is 154 Å².